The number of morpholine rings is 1. The van der Waals surface area contributed by atoms with Gasteiger partial charge in [-0.1, -0.05) is 13.3 Å². The molecule has 1 unspecified atom stereocenters. The molecule has 4 saturated heterocycles. The first-order chi connectivity index (χ1) is 24.3. The van der Waals surface area contributed by atoms with E-state index in [0.29, 0.717) is 50.6 Å². The number of hydrogen-bond donors (Lipinski definition) is 2. The first kappa shape index (κ1) is 36.4. The maximum absolute atomic E-state index is 14.5. The number of anilines is 1. The smallest absolute Gasteiger partial charge is 0.258 e. The molecule has 1 aromatic heterocycles. The largest absolute Gasteiger partial charge is 0.451 e. The van der Waals surface area contributed by atoms with E-state index < -0.39 is 21.6 Å². The molecule has 4 aliphatic heterocycles. The summed E-state index contributed by atoms with van der Waals surface area (Å²) in [6.07, 6.45) is 8.41. The lowest BCUT2D eigenvalue weighted by Crippen LogP contribution is -2.62. The Kier molecular flexibility index (Phi) is 10.3. The summed E-state index contributed by atoms with van der Waals surface area (Å²) in [4.78, 5) is 28.5. The van der Waals surface area contributed by atoms with Crippen LogP contribution in [0.4, 0.5) is 10.2 Å². The molecule has 1 aromatic carbocycles. The highest BCUT2D eigenvalue weighted by Gasteiger charge is 2.48. The maximum atomic E-state index is 14.5. The van der Waals surface area contributed by atoms with Gasteiger partial charge in [0.15, 0.2) is 17.4 Å². The number of likely N-dealkylation sites (tertiary alicyclic amines) is 1. The van der Waals surface area contributed by atoms with Gasteiger partial charge in [-0.05, 0) is 83.2 Å². The number of carbonyl (C=O) groups is 1. The van der Waals surface area contributed by atoms with Gasteiger partial charge in [-0.3, -0.25) is 9.69 Å². The van der Waals surface area contributed by atoms with E-state index >= 15 is 0 Å². The van der Waals surface area contributed by atoms with Crippen LogP contribution in [-0.2, 0) is 19.5 Å². The van der Waals surface area contributed by atoms with E-state index in [-0.39, 0.29) is 58.5 Å². The molecular weight excluding hydrogens is 679 g/mol. The molecule has 280 valence electrons. The molecule has 5 fully saturated rings. The van der Waals surface area contributed by atoms with Crippen molar-refractivity contribution in [3.8, 4) is 11.5 Å². The highest BCUT2D eigenvalue weighted by Crippen LogP contribution is 2.45. The molecule has 1 spiro atoms. The summed E-state index contributed by atoms with van der Waals surface area (Å²) in [5.41, 5.74) is 0.228. The summed E-state index contributed by atoms with van der Waals surface area (Å²) >= 11 is 0. The maximum Gasteiger partial charge on any atom is 0.258 e. The van der Waals surface area contributed by atoms with Crippen LogP contribution >= 0.6 is 0 Å². The Bertz CT molecular complexity index is 1670. The van der Waals surface area contributed by atoms with E-state index in [0.717, 1.165) is 51.9 Å². The Morgan fingerprint density at radius 2 is 1.80 bits per heavy atom. The Morgan fingerprint density at radius 1 is 1.06 bits per heavy atom. The van der Waals surface area contributed by atoms with Crippen LogP contribution in [0.15, 0.2) is 30.7 Å². The van der Waals surface area contributed by atoms with Gasteiger partial charge in [0, 0.05) is 31.0 Å². The average molecular weight is 731 g/mol. The van der Waals surface area contributed by atoms with Crippen molar-refractivity contribution in [2.45, 2.75) is 94.9 Å². The number of aliphatic hydroxyl groups is 1. The van der Waals surface area contributed by atoms with Crippen LogP contribution in [0.1, 0.15) is 76.1 Å². The van der Waals surface area contributed by atoms with E-state index in [4.69, 9.17) is 14.2 Å². The number of β-amino-alcohol motifs (C(OH)–C–C–N with tert-alkyl or cyclic N) is 1. The van der Waals surface area contributed by atoms with Crippen LogP contribution in [-0.4, -0.2) is 121 Å². The molecule has 1 aliphatic carbocycles. The van der Waals surface area contributed by atoms with Crippen molar-refractivity contribution in [3.05, 3.63) is 42.1 Å². The number of piperidine rings is 1. The van der Waals surface area contributed by atoms with Crippen LogP contribution in [0.25, 0.3) is 0 Å². The Labute approximate surface area is 299 Å². The summed E-state index contributed by atoms with van der Waals surface area (Å²) in [5, 5.41) is 10.9. The lowest BCUT2D eigenvalue weighted by Gasteiger charge is -2.55. The SMILES string of the molecule is C[C@@H]1CCCC1S(=O)(=O)N[C@@H]1CC[C@](O)(CN2CCC3(CC2)CN(c2ncncc2Oc2ccc(F)cc2C(=O)N2[C@H](C)COC[C@H]2C)C3)OC1. The Hall–Kier alpha value is -2.95. The molecule has 5 heterocycles. The minimum atomic E-state index is -3.42. The van der Waals surface area contributed by atoms with Gasteiger partial charge in [-0.15, -0.1) is 0 Å². The summed E-state index contributed by atoms with van der Waals surface area (Å²) in [6, 6.07) is 3.31. The molecule has 15 heteroatoms. The van der Waals surface area contributed by atoms with Crippen molar-refractivity contribution >= 4 is 21.7 Å². The number of rotatable bonds is 9. The second-order valence-electron chi connectivity index (χ2n) is 15.6. The molecule has 2 aromatic rings. The van der Waals surface area contributed by atoms with Gasteiger partial charge in [0.05, 0.1) is 55.5 Å². The van der Waals surface area contributed by atoms with Crippen LogP contribution < -0.4 is 14.4 Å². The summed E-state index contributed by atoms with van der Waals surface area (Å²) in [5.74, 6) is -0.738. The molecule has 0 radical (unpaired) electrons. The fourth-order valence-corrected chi connectivity index (χ4v) is 10.8. The molecule has 1 amide bonds. The molecule has 0 bridgehead atoms. The number of sulfonamides is 1. The van der Waals surface area contributed by atoms with Crippen LogP contribution in [0, 0.1) is 17.2 Å². The van der Waals surface area contributed by atoms with E-state index in [1.54, 1.807) is 11.1 Å². The Morgan fingerprint density at radius 3 is 2.47 bits per heavy atom. The molecular formula is C36H51FN6O7S. The van der Waals surface area contributed by atoms with Gasteiger partial charge in [-0.25, -0.2) is 27.5 Å². The second-order valence-corrected chi connectivity index (χ2v) is 17.6. The van der Waals surface area contributed by atoms with Crippen molar-refractivity contribution in [2.24, 2.45) is 11.3 Å². The number of halogens is 1. The lowest BCUT2D eigenvalue weighted by molar-refractivity contribution is -0.239. The van der Waals surface area contributed by atoms with Crippen LogP contribution in [0.5, 0.6) is 11.5 Å². The Balaban J connectivity index is 0.926. The fourth-order valence-electron chi connectivity index (χ4n) is 8.73. The number of ether oxygens (including phenoxy) is 3. The van der Waals surface area contributed by atoms with Gasteiger partial charge in [-0.2, -0.15) is 0 Å². The molecule has 5 aliphatic rings. The van der Waals surface area contributed by atoms with Gasteiger partial charge in [0.25, 0.3) is 5.91 Å². The van der Waals surface area contributed by atoms with Crippen molar-refractivity contribution in [3.63, 3.8) is 0 Å². The van der Waals surface area contributed by atoms with Crippen molar-refractivity contribution in [2.75, 3.05) is 57.4 Å². The first-order valence-electron chi connectivity index (χ1n) is 18.4. The van der Waals surface area contributed by atoms with Gasteiger partial charge < -0.3 is 29.1 Å². The molecule has 13 nitrogen and oxygen atoms in total. The third kappa shape index (κ3) is 7.74. The van der Waals surface area contributed by atoms with Crippen molar-refractivity contribution in [1.29, 1.82) is 0 Å². The predicted molar refractivity (Wildman–Crippen MR) is 188 cm³/mol. The lowest BCUT2D eigenvalue weighted by atomic mass is 9.72. The van der Waals surface area contributed by atoms with Crippen molar-refractivity contribution < 1.29 is 36.9 Å². The summed E-state index contributed by atoms with van der Waals surface area (Å²) in [6.45, 7) is 10.3. The predicted octanol–water partition coefficient (Wildman–Crippen LogP) is 3.54. The van der Waals surface area contributed by atoms with E-state index in [1.165, 1.54) is 24.5 Å². The second kappa shape index (κ2) is 14.5. The zero-order chi connectivity index (χ0) is 36.0. The van der Waals surface area contributed by atoms with Crippen molar-refractivity contribution in [1.82, 2.24) is 24.5 Å². The quantitative estimate of drug-likeness (QED) is 0.391. The molecule has 1 saturated carbocycles. The zero-order valence-corrected chi connectivity index (χ0v) is 30.6. The van der Waals surface area contributed by atoms with E-state index in [2.05, 4.69) is 24.5 Å². The monoisotopic (exact) mass is 730 g/mol. The normalized spacial score (nSPS) is 31.4. The molecule has 2 N–H and O–H groups in total. The number of amides is 1. The third-order valence-electron chi connectivity index (χ3n) is 11.6. The number of hydrogen-bond acceptors (Lipinski definition) is 11. The third-order valence-corrected chi connectivity index (χ3v) is 13.8. The first-order valence-corrected chi connectivity index (χ1v) is 19.9. The topological polar surface area (TPSA) is 147 Å². The number of carbonyl (C=O) groups excluding carboxylic acids is 1. The molecule has 6 atom stereocenters. The fraction of sp³-hybridized carbons (Fsp3) is 0.694. The molecule has 51 heavy (non-hydrogen) atoms. The van der Waals surface area contributed by atoms with Gasteiger partial charge in [0.2, 0.25) is 10.0 Å². The van der Waals surface area contributed by atoms with Gasteiger partial charge >= 0.3 is 0 Å². The highest BCUT2D eigenvalue weighted by molar-refractivity contribution is 7.90. The zero-order valence-electron chi connectivity index (χ0n) is 29.8. The number of nitrogens with one attached hydrogen (secondary N) is 1. The van der Waals surface area contributed by atoms with Crippen LogP contribution in [0.3, 0.4) is 0 Å². The molecule has 7 rings (SSSR count). The number of benzene rings is 1. The number of nitrogens with zero attached hydrogens (tertiary/aromatic N) is 5. The minimum absolute atomic E-state index is 0.0924. The van der Waals surface area contributed by atoms with E-state index in [9.17, 15) is 22.7 Å². The standard InChI is InChI=1S/C36H51FN6O7S/c1-24-5-4-6-32(24)51(46,47)40-28-9-10-36(45,49-19-28)22-41-13-11-35(12-14-41)20-42(21-35)33-31(16-38-23-39-33)50-30-8-7-27(37)15-29(30)34(44)43-25(2)17-48-18-26(43)3/h7-8,15-16,23-26,28,32,40,45H,4-6,9-14,17-22H2,1-3H3/t24-,25-,26-,28-,32?,36-/m1/s1. The highest BCUT2D eigenvalue weighted by atomic mass is 32.2. The van der Waals surface area contributed by atoms with Crippen LogP contribution in [0.2, 0.25) is 0 Å². The summed E-state index contributed by atoms with van der Waals surface area (Å²) in [7, 11) is -3.42. The number of aromatic nitrogens is 2. The van der Waals surface area contributed by atoms with E-state index in [1.807, 2.05) is 20.8 Å². The minimum Gasteiger partial charge on any atom is -0.451 e. The van der Waals surface area contributed by atoms with Gasteiger partial charge in [0.1, 0.15) is 17.9 Å². The average Bonchev–Trinajstić information content (AvgIpc) is 3.53. The summed E-state index contributed by atoms with van der Waals surface area (Å²) < 4.78 is 61.0.